The van der Waals surface area contributed by atoms with Crippen molar-refractivity contribution in [2.75, 3.05) is 0 Å². The van der Waals surface area contributed by atoms with Crippen LogP contribution in [0.5, 0.6) is 0 Å². The van der Waals surface area contributed by atoms with E-state index < -0.39 is 0 Å². The maximum atomic E-state index is 13.0. The molecule has 1 aliphatic heterocycles. The van der Waals surface area contributed by atoms with E-state index in [0.29, 0.717) is 18.5 Å². The van der Waals surface area contributed by atoms with E-state index in [1.165, 1.54) is 12.1 Å². The molecule has 1 heterocycles. The maximum absolute atomic E-state index is 13.0. The van der Waals surface area contributed by atoms with Crippen molar-refractivity contribution < 1.29 is 14.3 Å². The third-order valence-electron chi connectivity index (χ3n) is 4.86. The van der Waals surface area contributed by atoms with Gasteiger partial charge in [0, 0.05) is 13.0 Å². The Morgan fingerprint density at radius 3 is 2.48 bits per heavy atom. The van der Waals surface area contributed by atoms with Crippen molar-refractivity contribution in [3.63, 3.8) is 0 Å². The van der Waals surface area contributed by atoms with Crippen LogP contribution in [0.1, 0.15) is 44.6 Å². The molecule has 21 heavy (non-hydrogen) atoms. The highest BCUT2D eigenvalue weighted by Crippen LogP contribution is 2.44. The molecule has 1 aliphatic carbocycles. The molecule has 2 aliphatic rings. The van der Waals surface area contributed by atoms with Gasteiger partial charge < -0.3 is 10.0 Å². The van der Waals surface area contributed by atoms with Crippen LogP contribution in [0.25, 0.3) is 0 Å². The number of aliphatic hydroxyl groups is 1. The second-order valence-electron chi connectivity index (χ2n) is 6.20. The molecule has 1 aromatic carbocycles. The van der Waals surface area contributed by atoms with Crippen LogP contribution in [0.3, 0.4) is 0 Å². The SMILES string of the molecule is CC1=C(O)CC2(CCCC2)N(Cc2ccc(F)cc2)C1=O. The first-order valence-electron chi connectivity index (χ1n) is 7.47. The van der Waals surface area contributed by atoms with Gasteiger partial charge in [-0.3, -0.25) is 4.79 Å². The van der Waals surface area contributed by atoms with Gasteiger partial charge in [0.05, 0.1) is 11.1 Å². The van der Waals surface area contributed by atoms with E-state index in [0.717, 1.165) is 31.2 Å². The lowest BCUT2D eigenvalue weighted by Crippen LogP contribution is -2.53. The van der Waals surface area contributed by atoms with Gasteiger partial charge in [-0.1, -0.05) is 25.0 Å². The van der Waals surface area contributed by atoms with Crippen molar-refractivity contribution in [1.29, 1.82) is 0 Å². The van der Waals surface area contributed by atoms with Gasteiger partial charge in [-0.25, -0.2) is 4.39 Å². The zero-order chi connectivity index (χ0) is 15.0. The predicted molar refractivity (Wildman–Crippen MR) is 78.1 cm³/mol. The van der Waals surface area contributed by atoms with Gasteiger partial charge >= 0.3 is 0 Å². The number of hydrogen-bond acceptors (Lipinski definition) is 2. The summed E-state index contributed by atoms with van der Waals surface area (Å²) in [5.74, 6) is -0.129. The summed E-state index contributed by atoms with van der Waals surface area (Å²) in [6.07, 6.45) is 4.57. The third-order valence-corrected chi connectivity index (χ3v) is 4.86. The molecular formula is C17H20FNO2. The molecule has 0 aromatic heterocycles. The monoisotopic (exact) mass is 289 g/mol. The Hall–Kier alpha value is -1.84. The highest BCUT2D eigenvalue weighted by molar-refractivity contribution is 5.95. The molecule has 0 unspecified atom stereocenters. The predicted octanol–water partition coefficient (Wildman–Crippen LogP) is 3.70. The lowest BCUT2D eigenvalue weighted by Gasteiger charge is -2.45. The number of carbonyl (C=O) groups excluding carboxylic acids is 1. The van der Waals surface area contributed by atoms with Crippen LogP contribution in [0.2, 0.25) is 0 Å². The fourth-order valence-electron chi connectivity index (χ4n) is 3.57. The Balaban J connectivity index is 1.93. The number of halogens is 1. The van der Waals surface area contributed by atoms with Crippen molar-refractivity contribution in [2.45, 2.75) is 51.1 Å². The lowest BCUT2D eigenvalue weighted by molar-refractivity contribution is -0.136. The molecular weight excluding hydrogens is 269 g/mol. The van der Waals surface area contributed by atoms with Gasteiger partial charge in [0.25, 0.3) is 5.91 Å². The topological polar surface area (TPSA) is 40.5 Å². The minimum Gasteiger partial charge on any atom is -0.512 e. The highest BCUT2D eigenvalue weighted by Gasteiger charge is 2.46. The third kappa shape index (κ3) is 2.43. The molecule has 0 atom stereocenters. The minimum atomic E-state index is -0.270. The Morgan fingerprint density at radius 1 is 1.24 bits per heavy atom. The van der Waals surface area contributed by atoms with Crippen LogP contribution in [0.15, 0.2) is 35.6 Å². The van der Waals surface area contributed by atoms with Crippen molar-refractivity contribution in [2.24, 2.45) is 0 Å². The molecule has 1 N–H and O–H groups in total. The number of nitrogens with zero attached hydrogens (tertiary/aromatic N) is 1. The van der Waals surface area contributed by atoms with E-state index in [9.17, 15) is 14.3 Å². The molecule has 3 nitrogen and oxygen atoms in total. The smallest absolute Gasteiger partial charge is 0.253 e. The van der Waals surface area contributed by atoms with E-state index >= 15 is 0 Å². The van der Waals surface area contributed by atoms with Gasteiger partial charge in [-0.15, -0.1) is 0 Å². The van der Waals surface area contributed by atoms with Crippen molar-refractivity contribution >= 4 is 5.91 Å². The standard InChI is InChI=1S/C17H20FNO2/c1-12-15(20)10-17(8-2-3-9-17)19(16(12)21)11-13-4-6-14(18)7-5-13/h4-7,20H,2-3,8-11H2,1H3. The van der Waals surface area contributed by atoms with Gasteiger partial charge in [-0.05, 0) is 37.5 Å². The molecule has 1 fully saturated rings. The molecule has 3 rings (SSSR count). The fourth-order valence-corrected chi connectivity index (χ4v) is 3.57. The summed E-state index contributed by atoms with van der Waals surface area (Å²) in [5, 5.41) is 10.1. The Bertz CT molecular complexity index is 585. The molecule has 0 saturated heterocycles. The molecule has 0 radical (unpaired) electrons. The van der Waals surface area contributed by atoms with Gasteiger partial charge in [0.1, 0.15) is 11.6 Å². The van der Waals surface area contributed by atoms with Crippen LogP contribution in [-0.2, 0) is 11.3 Å². The number of aliphatic hydroxyl groups excluding tert-OH is 1. The van der Waals surface area contributed by atoms with E-state index in [1.54, 1.807) is 19.1 Å². The summed E-state index contributed by atoms with van der Waals surface area (Å²) in [4.78, 5) is 14.5. The first-order valence-corrected chi connectivity index (χ1v) is 7.47. The number of benzene rings is 1. The van der Waals surface area contributed by atoms with E-state index in [4.69, 9.17) is 0 Å². The Morgan fingerprint density at radius 2 is 1.86 bits per heavy atom. The number of rotatable bonds is 2. The molecule has 1 aromatic rings. The molecule has 112 valence electrons. The zero-order valence-electron chi connectivity index (χ0n) is 12.2. The maximum Gasteiger partial charge on any atom is 0.253 e. The highest BCUT2D eigenvalue weighted by atomic mass is 19.1. The quantitative estimate of drug-likeness (QED) is 0.901. The second kappa shape index (κ2) is 5.17. The number of hydrogen-bond donors (Lipinski definition) is 1. The first kappa shape index (κ1) is 14.1. The summed E-state index contributed by atoms with van der Waals surface area (Å²) >= 11 is 0. The van der Waals surface area contributed by atoms with Crippen LogP contribution in [0, 0.1) is 5.82 Å². The average Bonchev–Trinajstić information content (AvgIpc) is 2.93. The largest absolute Gasteiger partial charge is 0.512 e. The van der Waals surface area contributed by atoms with Crippen LogP contribution in [-0.4, -0.2) is 21.5 Å². The van der Waals surface area contributed by atoms with Crippen molar-refractivity contribution in [1.82, 2.24) is 4.90 Å². The minimum absolute atomic E-state index is 0.0926. The van der Waals surface area contributed by atoms with Crippen LogP contribution in [0.4, 0.5) is 4.39 Å². The summed E-state index contributed by atoms with van der Waals surface area (Å²) < 4.78 is 13.0. The van der Waals surface area contributed by atoms with Gasteiger partial charge in [0.2, 0.25) is 0 Å². The van der Waals surface area contributed by atoms with Gasteiger partial charge in [0.15, 0.2) is 0 Å². The lowest BCUT2D eigenvalue weighted by atomic mass is 9.84. The van der Waals surface area contributed by atoms with Crippen LogP contribution >= 0.6 is 0 Å². The normalized spacial score (nSPS) is 21.4. The average molecular weight is 289 g/mol. The van der Waals surface area contributed by atoms with Crippen molar-refractivity contribution in [3.8, 4) is 0 Å². The molecule has 4 heteroatoms. The van der Waals surface area contributed by atoms with Crippen LogP contribution < -0.4 is 0 Å². The Labute approximate surface area is 124 Å². The van der Waals surface area contributed by atoms with Crippen molar-refractivity contribution in [3.05, 3.63) is 47.0 Å². The number of carbonyl (C=O) groups is 1. The van der Waals surface area contributed by atoms with E-state index in [1.807, 2.05) is 4.90 Å². The molecule has 1 saturated carbocycles. The summed E-state index contributed by atoms with van der Waals surface area (Å²) in [7, 11) is 0. The molecule has 1 spiro atoms. The van der Waals surface area contributed by atoms with Gasteiger partial charge in [-0.2, -0.15) is 0 Å². The van der Waals surface area contributed by atoms with E-state index in [-0.39, 0.29) is 23.0 Å². The number of amides is 1. The van der Waals surface area contributed by atoms with E-state index in [2.05, 4.69) is 0 Å². The second-order valence-corrected chi connectivity index (χ2v) is 6.20. The zero-order valence-corrected chi connectivity index (χ0v) is 12.2. The Kier molecular flexibility index (Phi) is 3.47. The summed E-state index contributed by atoms with van der Waals surface area (Å²) in [5.41, 5.74) is 1.11. The summed E-state index contributed by atoms with van der Waals surface area (Å²) in [6, 6.07) is 6.29. The molecule has 0 bridgehead atoms. The fraction of sp³-hybridized carbons (Fsp3) is 0.471. The first-order chi connectivity index (χ1) is 10.0. The summed E-state index contributed by atoms with van der Waals surface area (Å²) in [6.45, 7) is 2.15. The molecule has 1 amide bonds.